The Kier molecular flexibility index (Phi) is 5.01. The number of carbonyl (C=O) groups excluding carboxylic acids is 1. The Labute approximate surface area is 141 Å². The lowest BCUT2D eigenvalue weighted by molar-refractivity contribution is -0.118. The molecule has 1 aliphatic heterocycles. The molecule has 1 amide bonds. The summed E-state index contributed by atoms with van der Waals surface area (Å²) in [4.78, 5) is 14.2. The van der Waals surface area contributed by atoms with Crippen LogP contribution in [0.5, 0.6) is 0 Å². The maximum atomic E-state index is 12.3. The second kappa shape index (κ2) is 7.19. The molecule has 1 N–H and O–H groups in total. The number of nitrogens with one attached hydrogen (secondary N) is 1. The van der Waals surface area contributed by atoms with E-state index in [0.29, 0.717) is 18.7 Å². The maximum absolute atomic E-state index is 12.3. The molecular formula is C17H20N2O4S. The monoisotopic (exact) mass is 348 g/mol. The van der Waals surface area contributed by atoms with Crippen LogP contribution in [0, 0.1) is 0 Å². The van der Waals surface area contributed by atoms with Gasteiger partial charge in [0.05, 0.1) is 30.9 Å². The predicted octanol–water partition coefficient (Wildman–Crippen LogP) is 1.91. The van der Waals surface area contributed by atoms with Crippen molar-refractivity contribution in [2.45, 2.75) is 19.0 Å². The van der Waals surface area contributed by atoms with E-state index in [1.807, 2.05) is 41.3 Å². The van der Waals surface area contributed by atoms with Crippen LogP contribution in [0.3, 0.4) is 0 Å². The molecule has 0 aliphatic carbocycles. The minimum atomic E-state index is -3.02. The average molecular weight is 348 g/mol. The van der Waals surface area contributed by atoms with Gasteiger partial charge in [0.2, 0.25) is 5.91 Å². The van der Waals surface area contributed by atoms with Crippen LogP contribution in [-0.2, 0) is 21.2 Å². The molecule has 1 aliphatic rings. The summed E-state index contributed by atoms with van der Waals surface area (Å²) in [6.07, 6.45) is 2.12. The van der Waals surface area contributed by atoms with Gasteiger partial charge < -0.3 is 9.73 Å². The average Bonchev–Trinajstić information content (AvgIpc) is 3.17. The normalized spacial score (nSPS) is 19.5. The van der Waals surface area contributed by atoms with Crippen molar-refractivity contribution in [1.82, 2.24) is 4.90 Å². The van der Waals surface area contributed by atoms with Gasteiger partial charge in [0.25, 0.3) is 0 Å². The Morgan fingerprint density at radius 3 is 2.62 bits per heavy atom. The van der Waals surface area contributed by atoms with Crippen LogP contribution in [0.15, 0.2) is 53.1 Å². The van der Waals surface area contributed by atoms with Gasteiger partial charge >= 0.3 is 0 Å². The van der Waals surface area contributed by atoms with Gasteiger partial charge in [-0.3, -0.25) is 9.69 Å². The Morgan fingerprint density at radius 2 is 2.00 bits per heavy atom. The summed E-state index contributed by atoms with van der Waals surface area (Å²) in [5.74, 6) is 0.808. The number of rotatable bonds is 6. The van der Waals surface area contributed by atoms with Gasteiger partial charge in [-0.1, -0.05) is 18.2 Å². The van der Waals surface area contributed by atoms with Gasteiger partial charge in [-0.15, -0.1) is 0 Å². The molecule has 128 valence electrons. The minimum Gasteiger partial charge on any atom is -0.468 e. The molecule has 1 atom stereocenters. The number of amides is 1. The SMILES string of the molecule is O=C(CN(Cc1ccco1)[C@H]1CCS(=O)(=O)C1)Nc1ccccc1. The third-order valence-corrected chi connectivity index (χ3v) is 5.82. The van der Waals surface area contributed by atoms with Crippen LogP contribution in [0.1, 0.15) is 12.2 Å². The highest BCUT2D eigenvalue weighted by Gasteiger charge is 2.33. The largest absolute Gasteiger partial charge is 0.468 e. The smallest absolute Gasteiger partial charge is 0.238 e. The minimum absolute atomic E-state index is 0.0896. The van der Waals surface area contributed by atoms with Crippen LogP contribution in [0.25, 0.3) is 0 Å². The fraction of sp³-hybridized carbons (Fsp3) is 0.353. The van der Waals surface area contributed by atoms with Gasteiger partial charge in [-0.2, -0.15) is 0 Å². The molecule has 0 bridgehead atoms. The first-order chi connectivity index (χ1) is 11.5. The van der Waals surface area contributed by atoms with Gasteiger partial charge in [0, 0.05) is 11.7 Å². The van der Waals surface area contributed by atoms with Crippen molar-refractivity contribution in [2.24, 2.45) is 0 Å². The van der Waals surface area contributed by atoms with Crippen molar-refractivity contribution in [3.8, 4) is 0 Å². The predicted molar refractivity (Wildman–Crippen MR) is 91.2 cm³/mol. The molecular weight excluding hydrogens is 328 g/mol. The summed E-state index contributed by atoms with van der Waals surface area (Å²) in [5, 5.41) is 2.84. The molecule has 1 saturated heterocycles. The molecule has 1 fully saturated rings. The van der Waals surface area contributed by atoms with Gasteiger partial charge in [0.15, 0.2) is 9.84 Å². The molecule has 24 heavy (non-hydrogen) atoms. The number of para-hydroxylation sites is 1. The first-order valence-corrected chi connectivity index (χ1v) is 9.66. The molecule has 3 rings (SSSR count). The Hall–Kier alpha value is -2.12. The van der Waals surface area contributed by atoms with E-state index in [1.165, 1.54) is 0 Å². The summed E-state index contributed by atoms with van der Waals surface area (Å²) in [7, 11) is -3.02. The summed E-state index contributed by atoms with van der Waals surface area (Å²) in [6, 6.07) is 12.6. The highest BCUT2D eigenvalue weighted by Crippen LogP contribution is 2.20. The van der Waals surface area contributed by atoms with Gasteiger partial charge in [0.1, 0.15) is 5.76 Å². The van der Waals surface area contributed by atoms with E-state index in [9.17, 15) is 13.2 Å². The lowest BCUT2D eigenvalue weighted by Gasteiger charge is -2.26. The van der Waals surface area contributed by atoms with Crippen LogP contribution in [0.2, 0.25) is 0 Å². The van der Waals surface area contributed by atoms with E-state index >= 15 is 0 Å². The fourth-order valence-corrected chi connectivity index (χ4v) is 4.65. The van der Waals surface area contributed by atoms with Gasteiger partial charge in [-0.25, -0.2) is 8.42 Å². The quantitative estimate of drug-likeness (QED) is 0.862. The van der Waals surface area contributed by atoms with E-state index in [1.54, 1.807) is 12.3 Å². The van der Waals surface area contributed by atoms with Crippen molar-refractivity contribution in [2.75, 3.05) is 23.4 Å². The summed E-state index contributed by atoms with van der Waals surface area (Å²) in [5.41, 5.74) is 0.722. The zero-order valence-corrected chi connectivity index (χ0v) is 14.0. The fourth-order valence-electron chi connectivity index (χ4n) is 2.89. The van der Waals surface area contributed by atoms with Crippen molar-refractivity contribution in [3.63, 3.8) is 0 Å². The highest BCUT2D eigenvalue weighted by atomic mass is 32.2. The van der Waals surface area contributed by atoms with Crippen LogP contribution < -0.4 is 5.32 Å². The molecule has 0 spiro atoms. The maximum Gasteiger partial charge on any atom is 0.238 e. The van der Waals surface area contributed by atoms with E-state index < -0.39 is 9.84 Å². The first-order valence-electron chi connectivity index (χ1n) is 7.83. The molecule has 0 saturated carbocycles. The van der Waals surface area contributed by atoms with Crippen molar-refractivity contribution in [3.05, 3.63) is 54.5 Å². The Morgan fingerprint density at radius 1 is 1.21 bits per heavy atom. The molecule has 6 nitrogen and oxygen atoms in total. The number of hydrogen-bond acceptors (Lipinski definition) is 5. The molecule has 2 heterocycles. The second-order valence-corrected chi connectivity index (χ2v) is 8.18. The number of benzene rings is 1. The molecule has 0 radical (unpaired) electrons. The third kappa shape index (κ3) is 4.46. The molecule has 1 aromatic carbocycles. The van der Waals surface area contributed by atoms with E-state index in [0.717, 1.165) is 5.69 Å². The van der Waals surface area contributed by atoms with E-state index in [-0.39, 0.29) is 30.0 Å². The van der Waals surface area contributed by atoms with E-state index in [2.05, 4.69) is 5.32 Å². The van der Waals surface area contributed by atoms with Crippen LogP contribution in [0.4, 0.5) is 5.69 Å². The van der Waals surface area contributed by atoms with Crippen LogP contribution >= 0.6 is 0 Å². The number of carbonyl (C=O) groups is 1. The lowest BCUT2D eigenvalue weighted by Crippen LogP contribution is -2.41. The van der Waals surface area contributed by atoms with Gasteiger partial charge in [-0.05, 0) is 30.7 Å². The third-order valence-electron chi connectivity index (χ3n) is 4.07. The van der Waals surface area contributed by atoms with Crippen molar-refractivity contribution < 1.29 is 17.6 Å². The number of hydrogen-bond donors (Lipinski definition) is 1. The number of furan rings is 1. The van der Waals surface area contributed by atoms with Crippen LogP contribution in [-0.4, -0.2) is 43.3 Å². The molecule has 7 heteroatoms. The number of sulfone groups is 1. The highest BCUT2D eigenvalue weighted by molar-refractivity contribution is 7.91. The summed E-state index contributed by atoms with van der Waals surface area (Å²) >= 11 is 0. The molecule has 2 aromatic rings. The number of anilines is 1. The van der Waals surface area contributed by atoms with Crippen molar-refractivity contribution >= 4 is 21.4 Å². The zero-order chi connectivity index (χ0) is 17.0. The second-order valence-electron chi connectivity index (χ2n) is 5.96. The molecule has 0 unspecified atom stereocenters. The Bertz CT molecular complexity index is 772. The Balaban J connectivity index is 1.68. The zero-order valence-electron chi connectivity index (χ0n) is 13.2. The molecule has 1 aromatic heterocycles. The van der Waals surface area contributed by atoms with E-state index in [4.69, 9.17) is 4.42 Å². The summed E-state index contributed by atoms with van der Waals surface area (Å²) in [6.45, 7) is 0.533. The standard InChI is InChI=1S/C17H20N2O4S/c20-17(18-14-5-2-1-3-6-14)12-19(11-16-7-4-9-23-16)15-8-10-24(21,22)13-15/h1-7,9,15H,8,10-13H2,(H,18,20)/t15-/m0/s1. The first kappa shape index (κ1) is 16.7. The summed E-state index contributed by atoms with van der Waals surface area (Å²) < 4.78 is 28.9. The van der Waals surface area contributed by atoms with Crippen molar-refractivity contribution in [1.29, 1.82) is 0 Å². The lowest BCUT2D eigenvalue weighted by atomic mass is 10.2. The topological polar surface area (TPSA) is 79.6 Å². The number of nitrogens with zero attached hydrogens (tertiary/aromatic N) is 1.